The van der Waals surface area contributed by atoms with E-state index in [-0.39, 0.29) is 5.91 Å². The van der Waals surface area contributed by atoms with Crippen LogP contribution < -0.4 is 5.73 Å². The van der Waals surface area contributed by atoms with Crippen molar-refractivity contribution >= 4 is 17.4 Å². The standard InChI is InChI=1S/C22H28N6O/c1-15(29)28-10-9-21(27(2)13-16-3-4-16)20(14-28)22(23)26-19-7-5-17(6-8-19)18-11-24-25-12-18/h5-8,11-12,16H,3-4,9-10,13-14H2,1-2H3,(H2,23,26)(H,24,25). The summed E-state index contributed by atoms with van der Waals surface area (Å²) in [6.07, 6.45) is 7.07. The molecule has 1 aromatic carbocycles. The van der Waals surface area contributed by atoms with Crippen LogP contribution in [0.3, 0.4) is 0 Å². The average Bonchev–Trinajstić information content (AvgIpc) is 3.36. The molecule has 0 saturated heterocycles. The maximum atomic E-state index is 11.9. The summed E-state index contributed by atoms with van der Waals surface area (Å²) >= 11 is 0. The Labute approximate surface area is 171 Å². The third kappa shape index (κ3) is 4.50. The number of hydrogen-bond acceptors (Lipinski definition) is 4. The first-order valence-corrected chi connectivity index (χ1v) is 10.1. The third-order valence-electron chi connectivity index (χ3n) is 5.71. The molecule has 1 saturated carbocycles. The number of carbonyl (C=O) groups is 1. The van der Waals surface area contributed by atoms with Gasteiger partial charge in [-0.05, 0) is 36.5 Å². The molecule has 7 heteroatoms. The van der Waals surface area contributed by atoms with E-state index in [1.807, 2.05) is 35.4 Å². The highest BCUT2D eigenvalue weighted by atomic mass is 16.2. The van der Waals surface area contributed by atoms with Gasteiger partial charge in [-0.25, -0.2) is 4.99 Å². The van der Waals surface area contributed by atoms with Crippen LogP contribution in [0.5, 0.6) is 0 Å². The van der Waals surface area contributed by atoms with Gasteiger partial charge in [-0.2, -0.15) is 5.10 Å². The fraction of sp³-hybridized carbons (Fsp3) is 0.409. The number of hydrogen-bond donors (Lipinski definition) is 2. The van der Waals surface area contributed by atoms with Crippen LogP contribution in [-0.2, 0) is 4.79 Å². The Bertz CT molecular complexity index is 925. The summed E-state index contributed by atoms with van der Waals surface area (Å²) in [7, 11) is 2.13. The van der Waals surface area contributed by atoms with Crippen molar-refractivity contribution in [3.05, 3.63) is 47.9 Å². The molecule has 1 aliphatic heterocycles. The molecular weight excluding hydrogens is 364 g/mol. The second-order valence-corrected chi connectivity index (χ2v) is 7.97. The number of nitrogens with two attached hydrogens (primary N) is 1. The first-order chi connectivity index (χ1) is 14.0. The molecule has 1 amide bonds. The van der Waals surface area contributed by atoms with E-state index in [0.29, 0.717) is 12.4 Å². The van der Waals surface area contributed by atoms with Gasteiger partial charge in [0.15, 0.2) is 0 Å². The van der Waals surface area contributed by atoms with E-state index in [9.17, 15) is 4.79 Å². The Kier molecular flexibility index (Phi) is 5.38. The van der Waals surface area contributed by atoms with Crippen LogP contribution in [0.25, 0.3) is 11.1 Å². The van der Waals surface area contributed by atoms with Gasteiger partial charge in [0.25, 0.3) is 0 Å². The van der Waals surface area contributed by atoms with Gasteiger partial charge in [-0.1, -0.05) is 12.1 Å². The van der Waals surface area contributed by atoms with E-state index in [1.54, 1.807) is 13.1 Å². The van der Waals surface area contributed by atoms with Crippen LogP contribution in [-0.4, -0.2) is 58.4 Å². The molecule has 2 aliphatic rings. The first kappa shape index (κ1) is 19.2. The molecule has 1 aromatic heterocycles. The van der Waals surface area contributed by atoms with Crippen LogP contribution in [0, 0.1) is 5.92 Å². The lowest BCUT2D eigenvalue weighted by atomic mass is 10.0. The van der Waals surface area contributed by atoms with Gasteiger partial charge in [-0.15, -0.1) is 0 Å². The summed E-state index contributed by atoms with van der Waals surface area (Å²) in [5.41, 5.74) is 11.5. The summed E-state index contributed by atoms with van der Waals surface area (Å²) in [6.45, 7) is 3.90. The second kappa shape index (κ2) is 8.11. The third-order valence-corrected chi connectivity index (χ3v) is 5.71. The molecule has 29 heavy (non-hydrogen) atoms. The number of aliphatic imine (C=N–C) groups is 1. The molecule has 0 radical (unpaired) electrons. The number of rotatable bonds is 6. The van der Waals surface area contributed by atoms with E-state index in [2.05, 4.69) is 27.1 Å². The number of amides is 1. The van der Waals surface area contributed by atoms with Crippen LogP contribution in [0.1, 0.15) is 26.2 Å². The smallest absolute Gasteiger partial charge is 0.219 e. The van der Waals surface area contributed by atoms with Crippen molar-refractivity contribution in [3.8, 4) is 11.1 Å². The summed E-state index contributed by atoms with van der Waals surface area (Å²) in [5, 5.41) is 6.81. The monoisotopic (exact) mass is 392 g/mol. The van der Waals surface area contributed by atoms with E-state index in [4.69, 9.17) is 5.73 Å². The number of carbonyl (C=O) groups excluding carboxylic acids is 1. The number of aromatic amines is 1. The number of aromatic nitrogens is 2. The largest absolute Gasteiger partial charge is 0.383 e. The molecule has 0 atom stereocenters. The molecule has 1 aliphatic carbocycles. The van der Waals surface area contributed by atoms with Gasteiger partial charge in [0.1, 0.15) is 5.84 Å². The van der Waals surface area contributed by atoms with Gasteiger partial charge in [0.2, 0.25) is 5.91 Å². The molecule has 0 spiro atoms. The lowest BCUT2D eigenvalue weighted by molar-refractivity contribution is -0.128. The number of H-pyrrole nitrogens is 1. The highest BCUT2D eigenvalue weighted by molar-refractivity contribution is 6.00. The van der Waals surface area contributed by atoms with Gasteiger partial charge in [-0.3, -0.25) is 9.89 Å². The van der Waals surface area contributed by atoms with Crippen molar-refractivity contribution < 1.29 is 4.79 Å². The SMILES string of the molecule is CC(=O)N1CCC(N(C)CC2CC2)=C(C(N)=Nc2ccc(-c3cn[nH]c3)cc2)C1. The number of nitrogens with one attached hydrogen (secondary N) is 1. The van der Waals surface area contributed by atoms with E-state index in [0.717, 1.165) is 47.8 Å². The molecule has 2 aromatic rings. The molecule has 7 nitrogen and oxygen atoms in total. The topological polar surface area (TPSA) is 90.6 Å². The van der Waals surface area contributed by atoms with Crippen molar-refractivity contribution in [3.63, 3.8) is 0 Å². The van der Waals surface area contributed by atoms with Gasteiger partial charge >= 0.3 is 0 Å². The molecule has 152 valence electrons. The van der Waals surface area contributed by atoms with Gasteiger partial charge < -0.3 is 15.5 Å². The minimum absolute atomic E-state index is 0.0728. The van der Waals surface area contributed by atoms with Crippen molar-refractivity contribution in [2.24, 2.45) is 16.6 Å². The minimum Gasteiger partial charge on any atom is -0.383 e. The quantitative estimate of drug-likeness (QED) is 0.584. The average molecular weight is 393 g/mol. The molecule has 0 bridgehead atoms. The molecule has 4 rings (SSSR count). The Morgan fingerprint density at radius 1 is 1.31 bits per heavy atom. The first-order valence-electron chi connectivity index (χ1n) is 10.1. The molecule has 1 fully saturated rings. The zero-order chi connectivity index (χ0) is 20.4. The number of amidine groups is 1. The summed E-state index contributed by atoms with van der Waals surface area (Å²) in [6, 6.07) is 7.92. The minimum atomic E-state index is 0.0728. The lowest BCUT2D eigenvalue weighted by Crippen LogP contribution is -2.42. The van der Waals surface area contributed by atoms with Crippen molar-refractivity contribution in [2.45, 2.75) is 26.2 Å². The second-order valence-electron chi connectivity index (χ2n) is 7.97. The highest BCUT2D eigenvalue weighted by Crippen LogP contribution is 2.32. The highest BCUT2D eigenvalue weighted by Gasteiger charge is 2.28. The molecule has 3 N–H and O–H groups in total. The Morgan fingerprint density at radius 2 is 2.07 bits per heavy atom. The summed E-state index contributed by atoms with van der Waals surface area (Å²) < 4.78 is 0. The number of nitrogens with zero attached hydrogens (tertiary/aromatic N) is 4. The van der Waals surface area contributed by atoms with Gasteiger partial charge in [0, 0.05) is 56.5 Å². The summed E-state index contributed by atoms with van der Waals surface area (Å²) in [4.78, 5) is 20.8. The van der Waals surface area contributed by atoms with Crippen LogP contribution in [0.4, 0.5) is 5.69 Å². The fourth-order valence-electron chi connectivity index (χ4n) is 3.81. The zero-order valence-electron chi connectivity index (χ0n) is 17.1. The summed E-state index contributed by atoms with van der Waals surface area (Å²) in [5.74, 6) is 1.35. The Morgan fingerprint density at radius 3 is 2.69 bits per heavy atom. The van der Waals surface area contributed by atoms with E-state index in [1.165, 1.54) is 18.5 Å². The fourth-order valence-corrected chi connectivity index (χ4v) is 3.81. The van der Waals surface area contributed by atoms with Crippen molar-refractivity contribution in [1.82, 2.24) is 20.0 Å². The van der Waals surface area contributed by atoms with E-state index >= 15 is 0 Å². The molecular formula is C22H28N6O. The molecule has 2 heterocycles. The van der Waals surface area contributed by atoms with Crippen LogP contribution >= 0.6 is 0 Å². The van der Waals surface area contributed by atoms with Crippen LogP contribution in [0.2, 0.25) is 0 Å². The predicted molar refractivity (Wildman–Crippen MR) is 115 cm³/mol. The number of benzene rings is 1. The van der Waals surface area contributed by atoms with E-state index < -0.39 is 0 Å². The van der Waals surface area contributed by atoms with Crippen molar-refractivity contribution in [1.29, 1.82) is 0 Å². The predicted octanol–water partition coefficient (Wildman–Crippen LogP) is 2.91. The van der Waals surface area contributed by atoms with Crippen molar-refractivity contribution in [2.75, 3.05) is 26.7 Å². The zero-order valence-corrected chi connectivity index (χ0v) is 17.1. The Hall–Kier alpha value is -3.09. The lowest BCUT2D eigenvalue weighted by Gasteiger charge is -2.34. The maximum absolute atomic E-state index is 11.9. The van der Waals surface area contributed by atoms with Gasteiger partial charge in [0.05, 0.1) is 18.4 Å². The Balaban J connectivity index is 1.60. The maximum Gasteiger partial charge on any atom is 0.219 e. The normalized spacial score (nSPS) is 17.6. The van der Waals surface area contributed by atoms with Crippen LogP contribution in [0.15, 0.2) is 52.9 Å². The molecule has 0 unspecified atom stereocenters.